The van der Waals surface area contributed by atoms with E-state index in [1.165, 1.54) is 89.9 Å². The average Bonchev–Trinajstić information content (AvgIpc) is 2.68. The molecule has 0 amide bonds. The smallest absolute Gasteiger partial charge is 1.00 e. The number of esters is 1. The fourth-order valence-corrected chi connectivity index (χ4v) is 3.31. The number of hydrogen-bond donors (Lipinski definition) is 2. The van der Waals surface area contributed by atoms with Gasteiger partial charge in [-0.2, -0.15) is 0 Å². The normalized spacial score (nSPS) is 11.3. The summed E-state index contributed by atoms with van der Waals surface area (Å²) in [5.74, 6) is -1.43. The second-order valence-corrected chi connectivity index (χ2v) is 8.01. The predicted molar refractivity (Wildman–Crippen MR) is 118 cm³/mol. The van der Waals surface area contributed by atoms with E-state index in [4.69, 9.17) is 15.6 Å². The third-order valence-electron chi connectivity index (χ3n) is 5.24. The quantitative estimate of drug-likeness (QED) is 0.149. The number of aliphatic carboxylic acids is 1. The zero-order valence-corrected chi connectivity index (χ0v) is 24.3. The number of carbonyl (C=O) groups is 2. The van der Waals surface area contributed by atoms with Crippen molar-refractivity contribution in [3.63, 3.8) is 0 Å². The van der Waals surface area contributed by atoms with Crippen LogP contribution >= 0.6 is 0 Å². The topological polar surface area (TPSA) is 89.6 Å². The second kappa shape index (κ2) is 27.9. The van der Waals surface area contributed by atoms with Crippen LogP contribution in [0.5, 0.6) is 0 Å². The van der Waals surface area contributed by atoms with E-state index < -0.39 is 12.0 Å². The molecule has 0 fully saturated rings. The first kappa shape index (κ1) is 35.5. The number of carboxylic acid groups (broad SMARTS) is 1. The molecular weight excluding hydrogens is 400 g/mol. The zero-order chi connectivity index (χ0) is 20.9. The summed E-state index contributed by atoms with van der Waals surface area (Å²) in [5, 5.41) is 8.65. The molecule has 0 bridgehead atoms. The van der Waals surface area contributed by atoms with E-state index in [0.29, 0.717) is 6.61 Å². The van der Waals surface area contributed by atoms with Crippen LogP contribution in [0.15, 0.2) is 0 Å². The van der Waals surface area contributed by atoms with Crippen LogP contribution in [0.25, 0.3) is 0 Å². The first-order valence-electron chi connectivity index (χ1n) is 11.7. The van der Waals surface area contributed by atoms with E-state index in [1.54, 1.807) is 0 Å². The molecule has 0 aliphatic carbocycles. The second-order valence-electron chi connectivity index (χ2n) is 8.01. The Morgan fingerprint density at radius 1 is 0.767 bits per heavy atom. The van der Waals surface area contributed by atoms with Gasteiger partial charge in [0.05, 0.1) is 6.61 Å². The van der Waals surface area contributed by atoms with E-state index in [-0.39, 0.29) is 80.8 Å². The van der Waals surface area contributed by atoms with Gasteiger partial charge < -0.3 is 18.4 Å². The van der Waals surface area contributed by atoms with Gasteiger partial charge in [-0.15, -0.1) is 0 Å². The number of nitrogens with two attached hydrogens (primary N) is 1. The largest absolute Gasteiger partial charge is 1.00 e. The fourth-order valence-electron chi connectivity index (χ4n) is 3.31. The maximum absolute atomic E-state index is 11.5. The average molecular weight is 448 g/mol. The first-order chi connectivity index (χ1) is 13.6. The Kier molecular flexibility index (Phi) is 33.0. The van der Waals surface area contributed by atoms with Crippen molar-refractivity contribution in [2.45, 2.75) is 129 Å². The summed E-state index contributed by atoms with van der Waals surface area (Å²) in [6, 6.07) is -0.983. The van der Waals surface area contributed by atoms with Crippen LogP contribution in [0.2, 0.25) is 0 Å². The Balaban J connectivity index is -0.000000607. The van der Waals surface area contributed by atoms with Crippen molar-refractivity contribution in [1.29, 1.82) is 0 Å². The SMILES string of the molecule is CCCCCCCCCCCCCCCCCCOC(=O)CC[C@H](N)C(=O)O.[H-].[H-].[Na+].[Na+]. The summed E-state index contributed by atoms with van der Waals surface area (Å²) in [5.41, 5.74) is 5.35. The third-order valence-corrected chi connectivity index (χ3v) is 5.24. The number of rotatable bonds is 21. The van der Waals surface area contributed by atoms with Gasteiger partial charge in [-0.1, -0.05) is 103 Å². The molecule has 0 rings (SSSR count). The third kappa shape index (κ3) is 26.9. The predicted octanol–water partition coefficient (Wildman–Crippen LogP) is 0.216. The van der Waals surface area contributed by atoms with Gasteiger partial charge in [0.2, 0.25) is 0 Å². The molecule has 30 heavy (non-hydrogen) atoms. The number of unbranched alkanes of at least 4 members (excludes halogenated alkanes) is 15. The summed E-state index contributed by atoms with van der Waals surface area (Å²) in [4.78, 5) is 22.0. The molecular formula is C23H47NNa2O4. The summed E-state index contributed by atoms with van der Waals surface area (Å²) in [6.45, 7) is 2.70. The van der Waals surface area contributed by atoms with Crippen molar-refractivity contribution in [3.8, 4) is 0 Å². The molecule has 1 atom stereocenters. The molecule has 0 aromatic carbocycles. The fraction of sp³-hybridized carbons (Fsp3) is 0.913. The van der Waals surface area contributed by atoms with Gasteiger partial charge in [0.1, 0.15) is 6.04 Å². The Morgan fingerprint density at radius 2 is 1.13 bits per heavy atom. The van der Waals surface area contributed by atoms with Crippen LogP contribution < -0.4 is 64.8 Å². The molecule has 0 unspecified atom stereocenters. The molecule has 3 N–H and O–H groups in total. The number of carbonyl (C=O) groups excluding carboxylic acids is 1. The van der Waals surface area contributed by atoms with Crippen molar-refractivity contribution >= 4 is 11.9 Å². The molecule has 0 saturated carbocycles. The number of hydrogen-bond acceptors (Lipinski definition) is 4. The monoisotopic (exact) mass is 447 g/mol. The van der Waals surface area contributed by atoms with E-state index in [0.717, 1.165) is 12.8 Å². The molecule has 0 spiro atoms. The molecule has 5 nitrogen and oxygen atoms in total. The minimum absolute atomic E-state index is 0. The Labute approximate surface area is 232 Å². The number of ether oxygens (including phenoxy) is 1. The van der Waals surface area contributed by atoms with E-state index in [9.17, 15) is 9.59 Å². The van der Waals surface area contributed by atoms with Crippen molar-refractivity contribution in [2.24, 2.45) is 5.73 Å². The molecule has 0 aliphatic heterocycles. The van der Waals surface area contributed by atoms with Crippen molar-refractivity contribution in [3.05, 3.63) is 0 Å². The molecule has 0 heterocycles. The summed E-state index contributed by atoms with van der Waals surface area (Å²) < 4.78 is 5.10. The summed E-state index contributed by atoms with van der Waals surface area (Å²) >= 11 is 0. The zero-order valence-electron chi connectivity index (χ0n) is 22.3. The van der Waals surface area contributed by atoms with E-state index in [1.807, 2.05) is 0 Å². The minimum atomic E-state index is -1.08. The van der Waals surface area contributed by atoms with Gasteiger partial charge in [0.25, 0.3) is 0 Å². The van der Waals surface area contributed by atoms with Gasteiger partial charge in [-0.05, 0) is 12.8 Å². The maximum Gasteiger partial charge on any atom is 1.00 e. The summed E-state index contributed by atoms with van der Waals surface area (Å²) in [7, 11) is 0. The Hall–Kier alpha value is 0.900. The standard InChI is InChI=1S/C23H45NO4.2Na.2H/c1-2-3-4-5-6-7-8-9-10-11-12-13-14-15-16-17-20-28-22(25)19-18-21(24)23(26)27;;;;/h21H,2-20,24H2,1H3,(H,26,27);;;;/q;2*+1;2*-1/t21-;;;;/m0..../s1. The van der Waals surface area contributed by atoms with Gasteiger partial charge in [-0.25, -0.2) is 0 Å². The molecule has 0 aromatic rings. The van der Waals surface area contributed by atoms with E-state index in [2.05, 4.69) is 6.92 Å². The van der Waals surface area contributed by atoms with Gasteiger partial charge >= 0.3 is 71.1 Å². The van der Waals surface area contributed by atoms with Crippen LogP contribution in [0, 0.1) is 0 Å². The van der Waals surface area contributed by atoms with E-state index >= 15 is 0 Å². The molecule has 0 radical (unpaired) electrons. The van der Waals surface area contributed by atoms with Crippen molar-refractivity contribution in [1.82, 2.24) is 0 Å². The first-order valence-corrected chi connectivity index (χ1v) is 11.7. The molecule has 0 saturated heterocycles. The Bertz CT molecular complexity index is 395. The molecule has 0 aromatic heterocycles. The molecule has 170 valence electrons. The van der Waals surface area contributed by atoms with Crippen LogP contribution in [-0.4, -0.2) is 29.7 Å². The molecule has 0 aliphatic rings. The van der Waals surface area contributed by atoms with Crippen molar-refractivity contribution in [2.75, 3.05) is 6.61 Å². The maximum atomic E-state index is 11.5. The van der Waals surface area contributed by atoms with Crippen LogP contribution in [0.3, 0.4) is 0 Å². The van der Waals surface area contributed by atoms with Crippen LogP contribution in [-0.2, 0) is 14.3 Å². The minimum Gasteiger partial charge on any atom is -1.00 e. The molecule has 7 heteroatoms. The Morgan fingerprint density at radius 3 is 1.50 bits per heavy atom. The summed E-state index contributed by atoms with van der Waals surface area (Å²) in [6.07, 6.45) is 21.3. The van der Waals surface area contributed by atoms with Crippen molar-refractivity contribution < 1.29 is 81.4 Å². The van der Waals surface area contributed by atoms with Crippen LogP contribution in [0.4, 0.5) is 0 Å². The van der Waals surface area contributed by atoms with Gasteiger partial charge in [0.15, 0.2) is 0 Å². The van der Waals surface area contributed by atoms with Crippen LogP contribution in [0.1, 0.15) is 125 Å². The van der Waals surface area contributed by atoms with Gasteiger partial charge in [-0.3, -0.25) is 9.59 Å². The number of carboxylic acids is 1. The van der Waals surface area contributed by atoms with Gasteiger partial charge in [0, 0.05) is 6.42 Å².